The SMILES string of the molecule is CC(C)C[C@H](N)C(=O)Nc1cccc(S(=O)(=O)N2CCCN(C)CC2)c1. The van der Waals surface area contributed by atoms with E-state index in [4.69, 9.17) is 5.73 Å². The smallest absolute Gasteiger partial charge is 0.243 e. The maximum absolute atomic E-state index is 12.9. The summed E-state index contributed by atoms with van der Waals surface area (Å²) in [6, 6.07) is 5.77. The van der Waals surface area contributed by atoms with E-state index in [1.54, 1.807) is 18.2 Å². The number of hydrogen-bond acceptors (Lipinski definition) is 5. The summed E-state index contributed by atoms with van der Waals surface area (Å²) in [6.45, 7) is 6.56. The van der Waals surface area contributed by atoms with Gasteiger partial charge in [0.15, 0.2) is 0 Å². The molecule has 1 atom stereocenters. The van der Waals surface area contributed by atoms with Gasteiger partial charge in [-0.25, -0.2) is 8.42 Å². The van der Waals surface area contributed by atoms with Crippen molar-refractivity contribution >= 4 is 21.6 Å². The van der Waals surface area contributed by atoms with Crippen LogP contribution >= 0.6 is 0 Å². The quantitative estimate of drug-likeness (QED) is 0.774. The van der Waals surface area contributed by atoms with Crippen molar-refractivity contribution in [1.29, 1.82) is 0 Å². The second kappa shape index (κ2) is 8.94. The first-order chi connectivity index (χ1) is 12.2. The molecule has 0 aliphatic carbocycles. The molecular formula is C18H30N4O3S. The van der Waals surface area contributed by atoms with E-state index in [1.807, 2.05) is 20.9 Å². The molecule has 2 rings (SSSR count). The average Bonchev–Trinajstić information content (AvgIpc) is 2.79. The minimum Gasteiger partial charge on any atom is -0.325 e. The van der Waals surface area contributed by atoms with Crippen LogP contribution < -0.4 is 11.1 Å². The molecule has 1 aliphatic heterocycles. The lowest BCUT2D eigenvalue weighted by molar-refractivity contribution is -0.117. The lowest BCUT2D eigenvalue weighted by Crippen LogP contribution is -2.37. The van der Waals surface area contributed by atoms with Gasteiger partial charge in [0.05, 0.1) is 10.9 Å². The van der Waals surface area contributed by atoms with Crippen molar-refractivity contribution in [3.05, 3.63) is 24.3 Å². The molecule has 26 heavy (non-hydrogen) atoms. The highest BCUT2D eigenvalue weighted by atomic mass is 32.2. The van der Waals surface area contributed by atoms with Gasteiger partial charge in [0.25, 0.3) is 0 Å². The molecule has 1 heterocycles. The number of nitrogens with one attached hydrogen (secondary N) is 1. The number of hydrogen-bond donors (Lipinski definition) is 2. The third-order valence-corrected chi connectivity index (χ3v) is 6.37. The van der Waals surface area contributed by atoms with Crippen LogP contribution in [0.4, 0.5) is 5.69 Å². The van der Waals surface area contributed by atoms with Crippen LogP contribution in [0.5, 0.6) is 0 Å². The van der Waals surface area contributed by atoms with Crippen molar-refractivity contribution in [1.82, 2.24) is 9.21 Å². The number of nitrogens with two attached hydrogens (primary N) is 1. The molecule has 0 bridgehead atoms. The number of sulfonamides is 1. The maximum Gasteiger partial charge on any atom is 0.243 e. The second-order valence-corrected chi connectivity index (χ2v) is 9.25. The average molecular weight is 383 g/mol. The van der Waals surface area contributed by atoms with Gasteiger partial charge in [-0.05, 0) is 50.6 Å². The van der Waals surface area contributed by atoms with E-state index in [-0.39, 0.29) is 10.8 Å². The minimum atomic E-state index is -3.58. The van der Waals surface area contributed by atoms with E-state index < -0.39 is 16.1 Å². The molecule has 146 valence electrons. The lowest BCUT2D eigenvalue weighted by atomic mass is 10.0. The Bertz CT molecular complexity index is 721. The fraction of sp³-hybridized carbons (Fsp3) is 0.611. The molecule has 7 nitrogen and oxygen atoms in total. The first kappa shape index (κ1) is 20.8. The normalized spacial score (nSPS) is 18.5. The molecular weight excluding hydrogens is 352 g/mol. The predicted octanol–water partition coefficient (Wildman–Crippen LogP) is 1.32. The first-order valence-corrected chi connectivity index (χ1v) is 10.5. The fourth-order valence-electron chi connectivity index (χ4n) is 3.00. The van der Waals surface area contributed by atoms with Gasteiger partial charge < -0.3 is 16.0 Å². The number of rotatable bonds is 6. The van der Waals surface area contributed by atoms with Crippen LogP contribution in [0.3, 0.4) is 0 Å². The summed E-state index contributed by atoms with van der Waals surface area (Å²) in [5, 5.41) is 2.73. The van der Waals surface area contributed by atoms with Gasteiger partial charge in [-0.1, -0.05) is 19.9 Å². The lowest BCUT2D eigenvalue weighted by Gasteiger charge is -2.21. The third-order valence-electron chi connectivity index (χ3n) is 4.48. The van der Waals surface area contributed by atoms with Crippen LogP contribution in [0.1, 0.15) is 26.7 Å². The van der Waals surface area contributed by atoms with E-state index >= 15 is 0 Å². The third kappa shape index (κ3) is 5.51. The van der Waals surface area contributed by atoms with Crippen LogP contribution in [0, 0.1) is 5.92 Å². The minimum absolute atomic E-state index is 0.192. The van der Waals surface area contributed by atoms with Gasteiger partial charge in [-0.15, -0.1) is 0 Å². The molecule has 0 aromatic heterocycles. The van der Waals surface area contributed by atoms with Gasteiger partial charge in [-0.3, -0.25) is 4.79 Å². The van der Waals surface area contributed by atoms with E-state index in [9.17, 15) is 13.2 Å². The van der Waals surface area contributed by atoms with Crippen molar-refractivity contribution in [2.24, 2.45) is 11.7 Å². The summed E-state index contributed by atoms with van der Waals surface area (Å²) in [5.74, 6) is 0.00766. The van der Waals surface area contributed by atoms with Gasteiger partial charge >= 0.3 is 0 Å². The van der Waals surface area contributed by atoms with Gasteiger partial charge in [0.2, 0.25) is 15.9 Å². The Kier molecular flexibility index (Phi) is 7.16. The predicted molar refractivity (Wildman–Crippen MR) is 103 cm³/mol. The Balaban J connectivity index is 2.13. The second-order valence-electron chi connectivity index (χ2n) is 7.31. The van der Waals surface area contributed by atoms with Gasteiger partial charge in [0.1, 0.15) is 0 Å². The molecule has 1 aromatic carbocycles. The number of anilines is 1. The molecule has 0 unspecified atom stereocenters. The highest BCUT2D eigenvalue weighted by Crippen LogP contribution is 2.21. The van der Waals surface area contributed by atoms with Crippen molar-refractivity contribution in [3.8, 4) is 0 Å². The molecule has 0 spiro atoms. The summed E-state index contributed by atoms with van der Waals surface area (Å²) in [6.07, 6.45) is 1.38. The maximum atomic E-state index is 12.9. The summed E-state index contributed by atoms with van der Waals surface area (Å²) < 4.78 is 27.4. The Morgan fingerprint density at radius 2 is 1.96 bits per heavy atom. The largest absolute Gasteiger partial charge is 0.325 e. The highest BCUT2D eigenvalue weighted by Gasteiger charge is 2.26. The fourth-order valence-corrected chi connectivity index (χ4v) is 4.51. The monoisotopic (exact) mass is 382 g/mol. The van der Waals surface area contributed by atoms with Crippen LogP contribution in [0.25, 0.3) is 0 Å². The Labute approximate surface area is 156 Å². The zero-order valence-corrected chi connectivity index (χ0v) is 16.6. The number of carbonyl (C=O) groups is 1. The molecule has 1 fully saturated rings. The van der Waals surface area contributed by atoms with Gasteiger partial charge in [0, 0.05) is 25.3 Å². The molecule has 8 heteroatoms. The number of nitrogens with zero attached hydrogens (tertiary/aromatic N) is 2. The molecule has 1 amide bonds. The van der Waals surface area contributed by atoms with Crippen LogP contribution in [0.15, 0.2) is 29.2 Å². The number of amides is 1. The van der Waals surface area contributed by atoms with Crippen LogP contribution in [0.2, 0.25) is 0 Å². The molecule has 0 saturated carbocycles. The first-order valence-electron chi connectivity index (χ1n) is 9.05. The number of benzene rings is 1. The van der Waals surface area contributed by atoms with E-state index in [2.05, 4.69) is 10.2 Å². The standard InChI is InChI=1S/C18H30N4O3S/c1-14(2)12-17(19)18(23)20-15-6-4-7-16(13-15)26(24,25)22-9-5-8-21(3)10-11-22/h4,6-7,13-14,17H,5,8-12,19H2,1-3H3,(H,20,23)/t17-/m0/s1. The number of likely N-dealkylation sites (N-methyl/N-ethyl adjacent to an activating group) is 1. The van der Waals surface area contributed by atoms with E-state index in [0.29, 0.717) is 37.7 Å². The van der Waals surface area contributed by atoms with Crippen LogP contribution in [-0.2, 0) is 14.8 Å². The highest BCUT2D eigenvalue weighted by molar-refractivity contribution is 7.89. The Morgan fingerprint density at radius 3 is 2.65 bits per heavy atom. The summed E-state index contributed by atoms with van der Waals surface area (Å²) >= 11 is 0. The zero-order chi connectivity index (χ0) is 19.3. The molecule has 1 saturated heterocycles. The van der Waals surface area contributed by atoms with E-state index in [0.717, 1.165) is 13.0 Å². The molecule has 1 aromatic rings. The van der Waals surface area contributed by atoms with E-state index in [1.165, 1.54) is 10.4 Å². The molecule has 3 N–H and O–H groups in total. The number of carbonyl (C=O) groups excluding carboxylic acids is 1. The van der Waals surface area contributed by atoms with Gasteiger partial charge in [-0.2, -0.15) is 4.31 Å². The Morgan fingerprint density at radius 1 is 1.23 bits per heavy atom. The molecule has 0 radical (unpaired) electrons. The van der Waals surface area contributed by atoms with Crippen molar-refractivity contribution in [2.45, 2.75) is 37.6 Å². The zero-order valence-electron chi connectivity index (χ0n) is 15.8. The van der Waals surface area contributed by atoms with Crippen molar-refractivity contribution < 1.29 is 13.2 Å². The molecule has 1 aliphatic rings. The summed E-state index contributed by atoms with van der Waals surface area (Å²) in [7, 11) is -1.59. The van der Waals surface area contributed by atoms with Crippen LogP contribution in [-0.4, -0.2) is 62.8 Å². The van der Waals surface area contributed by atoms with Crippen molar-refractivity contribution in [3.63, 3.8) is 0 Å². The summed E-state index contributed by atoms with van der Waals surface area (Å²) in [4.78, 5) is 14.5. The topological polar surface area (TPSA) is 95.7 Å². The summed E-state index contributed by atoms with van der Waals surface area (Å²) in [5.41, 5.74) is 6.34. The Hall–Kier alpha value is -1.48. The van der Waals surface area contributed by atoms with Crippen molar-refractivity contribution in [2.75, 3.05) is 38.5 Å².